The molecule has 0 saturated carbocycles. The standard InChI is InChI=1S/C13H22N4O3/c1-5-8(3)15-12(18)9(4)17-7-10(14)11(16-17)13(19)20-6-2/h7-9H,5-6,14H2,1-4H3,(H,15,18). The molecule has 0 aliphatic rings. The molecule has 7 nitrogen and oxygen atoms in total. The van der Waals surface area contributed by atoms with Crippen LogP contribution in [0.4, 0.5) is 5.69 Å². The maximum atomic E-state index is 12.0. The maximum Gasteiger partial charge on any atom is 0.361 e. The Kier molecular flexibility index (Phi) is 5.54. The fraction of sp³-hybridized carbons (Fsp3) is 0.615. The summed E-state index contributed by atoms with van der Waals surface area (Å²) >= 11 is 0. The Balaban J connectivity index is 2.84. The highest BCUT2D eigenvalue weighted by molar-refractivity contribution is 5.92. The number of nitrogens with zero attached hydrogens (tertiary/aromatic N) is 2. The number of anilines is 1. The number of esters is 1. The Labute approximate surface area is 118 Å². The van der Waals surface area contributed by atoms with Crippen molar-refractivity contribution < 1.29 is 14.3 Å². The summed E-state index contributed by atoms with van der Waals surface area (Å²) in [4.78, 5) is 23.6. The average Bonchev–Trinajstić information content (AvgIpc) is 2.80. The second-order valence-electron chi connectivity index (χ2n) is 4.63. The number of rotatable bonds is 6. The number of aromatic nitrogens is 2. The summed E-state index contributed by atoms with van der Waals surface area (Å²) in [6, 6.07) is -0.461. The molecule has 0 bridgehead atoms. The number of carbonyl (C=O) groups is 2. The van der Waals surface area contributed by atoms with Gasteiger partial charge in [-0.1, -0.05) is 6.92 Å². The van der Waals surface area contributed by atoms with E-state index < -0.39 is 12.0 Å². The van der Waals surface area contributed by atoms with Crippen LogP contribution < -0.4 is 11.1 Å². The first-order valence-corrected chi connectivity index (χ1v) is 6.72. The molecule has 2 atom stereocenters. The molecule has 20 heavy (non-hydrogen) atoms. The van der Waals surface area contributed by atoms with Crippen LogP contribution in [0.1, 0.15) is 50.6 Å². The molecule has 0 aliphatic carbocycles. The average molecular weight is 282 g/mol. The van der Waals surface area contributed by atoms with Crippen LogP contribution in [0.2, 0.25) is 0 Å². The van der Waals surface area contributed by atoms with Gasteiger partial charge in [0.25, 0.3) is 0 Å². The van der Waals surface area contributed by atoms with E-state index in [1.165, 1.54) is 10.9 Å². The number of carbonyl (C=O) groups excluding carboxylic acids is 2. The zero-order valence-electron chi connectivity index (χ0n) is 12.3. The molecular weight excluding hydrogens is 260 g/mol. The minimum Gasteiger partial charge on any atom is -0.461 e. The van der Waals surface area contributed by atoms with Crippen molar-refractivity contribution in [1.82, 2.24) is 15.1 Å². The molecule has 0 saturated heterocycles. The van der Waals surface area contributed by atoms with E-state index in [9.17, 15) is 9.59 Å². The van der Waals surface area contributed by atoms with Crippen molar-refractivity contribution in [2.45, 2.75) is 46.2 Å². The normalized spacial score (nSPS) is 13.6. The number of nitrogens with two attached hydrogens (primary N) is 1. The van der Waals surface area contributed by atoms with Gasteiger partial charge in [-0.25, -0.2) is 4.79 Å². The molecule has 0 aliphatic heterocycles. The van der Waals surface area contributed by atoms with E-state index in [2.05, 4.69) is 10.4 Å². The fourth-order valence-electron chi connectivity index (χ4n) is 1.55. The van der Waals surface area contributed by atoms with Crippen LogP contribution in [0.5, 0.6) is 0 Å². The quantitative estimate of drug-likeness (QED) is 0.762. The van der Waals surface area contributed by atoms with E-state index in [4.69, 9.17) is 10.5 Å². The molecule has 0 spiro atoms. The highest BCUT2D eigenvalue weighted by atomic mass is 16.5. The molecule has 0 fully saturated rings. The minimum absolute atomic E-state index is 0.0371. The zero-order valence-corrected chi connectivity index (χ0v) is 12.3. The smallest absolute Gasteiger partial charge is 0.361 e. The molecule has 1 heterocycles. The number of nitrogens with one attached hydrogen (secondary N) is 1. The van der Waals surface area contributed by atoms with E-state index in [1.54, 1.807) is 13.8 Å². The van der Waals surface area contributed by atoms with E-state index in [0.717, 1.165) is 6.42 Å². The summed E-state index contributed by atoms with van der Waals surface area (Å²) in [6.45, 7) is 7.55. The molecule has 112 valence electrons. The predicted molar refractivity (Wildman–Crippen MR) is 75.2 cm³/mol. The summed E-state index contributed by atoms with van der Waals surface area (Å²) in [7, 11) is 0. The van der Waals surface area contributed by atoms with Crippen LogP contribution in [0.15, 0.2) is 6.20 Å². The van der Waals surface area contributed by atoms with Crippen LogP contribution in [-0.4, -0.2) is 34.3 Å². The third kappa shape index (κ3) is 3.72. The third-order valence-corrected chi connectivity index (χ3v) is 3.01. The molecule has 7 heteroatoms. The van der Waals surface area contributed by atoms with Gasteiger partial charge < -0.3 is 15.8 Å². The number of hydrogen-bond donors (Lipinski definition) is 2. The second-order valence-corrected chi connectivity index (χ2v) is 4.63. The lowest BCUT2D eigenvalue weighted by Crippen LogP contribution is -2.37. The van der Waals surface area contributed by atoms with Crippen LogP contribution in [0.3, 0.4) is 0 Å². The molecule has 1 amide bonds. The number of ether oxygens (including phenoxy) is 1. The van der Waals surface area contributed by atoms with E-state index in [1.807, 2.05) is 13.8 Å². The van der Waals surface area contributed by atoms with Crippen molar-refractivity contribution in [1.29, 1.82) is 0 Å². The fourth-order valence-corrected chi connectivity index (χ4v) is 1.55. The molecule has 0 aromatic carbocycles. The third-order valence-electron chi connectivity index (χ3n) is 3.01. The van der Waals surface area contributed by atoms with Gasteiger partial charge >= 0.3 is 5.97 Å². The zero-order chi connectivity index (χ0) is 15.3. The molecule has 0 radical (unpaired) electrons. The highest BCUT2D eigenvalue weighted by Crippen LogP contribution is 2.15. The number of nitrogen functional groups attached to an aromatic ring is 1. The Morgan fingerprint density at radius 3 is 2.65 bits per heavy atom. The van der Waals surface area contributed by atoms with E-state index >= 15 is 0 Å². The molecular formula is C13H22N4O3. The van der Waals surface area contributed by atoms with Crippen molar-refractivity contribution in [3.63, 3.8) is 0 Å². The maximum absolute atomic E-state index is 12.0. The molecule has 1 aromatic rings. The topological polar surface area (TPSA) is 99.2 Å². The molecule has 3 N–H and O–H groups in total. The van der Waals surface area contributed by atoms with Crippen LogP contribution in [-0.2, 0) is 9.53 Å². The summed E-state index contributed by atoms with van der Waals surface area (Å²) in [5, 5.41) is 6.89. The van der Waals surface area contributed by atoms with Crippen molar-refractivity contribution in [3.8, 4) is 0 Å². The predicted octanol–water partition coefficient (Wildman–Crippen LogP) is 1.12. The lowest BCUT2D eigenvalue weighted by atomic mass is 10.2. The van der Waals surface area contributed by atoms with Crippen LogP contribution >= 0.6 is 0 Å². The van der Waals surface area contributed by atoms with Gasteiger partial charge in [-0.05, 0) is 27.2 Å². The second kappa shape index (κ2) is 6.93. The SMILES string of the molecule is CCOC(=O)c1nn(C(C)C(=O)NC(C)CC)cc1N. The Morgan fingerprint density at radius 2 is 2.10 bits per heavy atom. The van der Waals surface area contributed by atoms with Crippen molar-refractivity contribution in [2.75, 3.05) is 12.3 Å². The van der Waals surface area contributed by atoms with Crippen molar-refractivity contribution in [2.24, 2.45) is 0 Å². The van der Waals surface area contributed by atoms with Gasteiger partial charge in [-0.3, -0.25) is 9.48 Å². The molecule has 2 unspecified atom stereocenters. The van der Waals surface area contributed by atoms with Crippen LogP contribution in [0.25, 0.3) is 0 Å². The number of amides is 1. The van der Waals surface area contributed by atoms with Crippen LogP contribution in [0, 0.1) is 0 Å². The summed E-state index contributed by atoms with van der Waals surface area (Å²) in [5.74, 6) is -0.754. The van der Waals surface area contributed by atoms with Gasteiger partial charge in [0.15, 0.2) is 5.69 Å². The van der Waals surface area contributed by atoms with E-state index in [0.29, 0.717) is 0 Å². The van der Waals surface area contributed by atoms with Gasteiger partial charge in [0.1, 0.15) is 6.04 Å². The lowest BCUT2D eigenvalue weighted by molar-refractivity contribution is -0.124. The van der Waals surface area contributed by atoms with Gasteiger partial charge in [0.05, 0.1) is 12.3 Å². The van der Waals surface area contributed by atoms with Gasteiger partial charge in [0.2, 0.25) is 5.91 Å². The van der Waals surface area contributed by atoms with E-state index in [-0.39, 0.29) is 29.9 Å². The summed E-state index contributed by atoms with van der Waals surface area (Å²) < 4.78 is 6.22. The molecule has 1 rings (SSSR count). The molecule has 1 aromatic heterocycles. The van der Waals surface area contributed by atoms with Gasteiger partial charge in [0, 0.05) is 12.2 Å². The summed E-state index contributed by atoms with van der Waals surface area (Å²) in [5.41, 5.74) is 5.96. The summed E-state index contributed by atoms with van der Waals surface area (Å²) in [6.07, 6.45) is 2.31. The highest BCUT2D eigenvalue weighted by Gasteiger charge is 2.22. The van der Waals surface area contributed by atoms with Gasteiger partial charge in [-0.15, -0.1) is 0 Å². The largest absolute Gasteiger partial charge is 0.461 e. The first-order valence-electron chi connectivity index (χ1n) is 6.72. The first-order chi connectivity index (χ1) is 9.40. The number of hydrogen-bond acceptors (Lipinski definition) is 5. The van der Waals surface area contributed by atoms with Crippen molar-refractivity contribution in [3.05, 3.63) is 11.9 Å². The lowest BCUT2D eigenvalue weighted by Gasteiger charge is -2.16. The minimum atomic E-state index is -0.585. The first kappa shape index (κ1) is 16.0. The van der Waals surface area contributed by atoms with Gasteiger partial charge in [-0.2, -0.15) is 5.10 Å². The Morgan fingerprint density at radius 1 is 1.45 bits per heavy atom. The van der Waals surface area contributed by atoms with Crippen molar-refractivity contribution >= 4 is 17.6 Å². The Bertz CT molecular complexity index is 484. The monoisotopic (exact) mass is 282 g/mol. The Hall–Kier alpha value is -2.05.